The van der Waals surface area contributed by atoms with Crippen LogP contribution in [0.1, 0.15) is 35.0 Å². The molecule has 1 aliphatic carbocycles. The molecule has 2 heterocycles. The first-order valence-electron chi connectivity index (χ1n) is 6.81. The normalized spacial score (nSPS) is 22.4. The second-order valence-electron chi connectivity index (χ2n) is 5.30. The van der Waals surface area contributed by atoms with Crippen molar-refractivity contribution < 1.29 is 9.53 Å². The minimum Gasteiger partial charge on any atom is -0.375 e. The van der Waals surface area contributed by atoms with E-state index < -0.39 is 0 Å². The maximum Gasteiger partial charge on any atom is 0.261 e. The van der Waals surface area contributed by atoms with E-state index in [9.17, 15) is 9.59 Å². The summed E-state index contributed by atoms with van der Waals surface area (Å²) in [5.41, 5.74) is 2.13. The van der Waals surface area contributed by atoms with Gasteiger partial charge in [-0.3, -0.25) is 9.59 Å². The smallest absolute Gasteiger partial charge is 0.261 e. The molecule has 1 unspecified atom stereocenters. The lowest BCUT2D eigenvalue weighted by Crippen LogP contribution is -2.46. The Hall–Kier alpha value is -1.62. The number of amides is 1. The highest BCUT2D eigenvalue weighted by molar-refractivity contribution is 5.94. The van der Waals surface area contributed by atoms with Crippen LogP contribution in [0, 0.1) is 0 Å². The predicted molar refractivity (Wildman–Crippen MR) is 70.4 cm³/mol. The van der Waals surface area contributed by atoms with Gasteiger partial charge in [0.25, 0.3) is 11.5 Å². The molecule has 19 heavy (non-hydrogen) atoms. The van der Waals surface area contributed by atoms with E-state index in [0.717, 1.165) is 30.5 Å². The summed E-state index contributed by atoms with van der Waals surface area (Å²) < 4.78 is 5.42. The van der Waals surface area contributed by atoms with Gasteiger partial charge in [0.2, 0.25) is 0 Å². The first-order chi connectivity index (χ1) is 9.15. The molecule has 1 aliphatic heterocycles. The summed E-state index contributed by atoms with van der Waals surface area (Å²) in [5, 5.41) is 0. The predicted octanol–water partition coefficient (Wildman–Crippen LogP) is 0.724. The molecule has 1 fully saturated rings. The molecular weight excluding hydrogens is 244 g/mol. The average Bonchev–Trinajstić information content (AvgIpc) is 2.84. The number of hydrogen-bond donors (Lipinski definition) is 1. The molecule has 0 spiro atoms. The van der Waals surface area contributed by atoms with Crippen molar-refractivity contribution in [1.82, 2.24) is 9.88 Å². The molecule has 5 nitrogen and oxygen atoms in total. The molecule has 1 N–H and O–H groups in total. The third kappa shape index (κ3) is 2.30. The second-order valence-corrected chi connectivity index (χ2v) is 5.30. The van der Waals surface area contributed by atoms with E-state index in [0.29, 0.717) is 19.7 Å². The number of fused-ring (bicyclic) bond motifs is 1. The van der Waals surface area contributed by atoms with Crippen molar-refractivity contribution in [3.05, 3.63) is 33.2 Å². The van der Waals surface area contributed by atoms with Crippen LogP contribution in [0.4, 0.5) is 0 Å². The van der Waals surface area contributed by atoms with Crippen molar-refractivity contribution in [1.29, 1.82) is 0 Å². The Morgan fingerprint density at radius 3 is 3.11 bits per heavy atom. The summed E-state index contributed by atoms with van der Waals surface area (Å²) >= 11 is 0. The van der Waals surface area contributed by atoms with Crippen molar-refractivity contribution in [3.8, 4) is 0 Å². The molecule has 0 radical (unpaired) electrons. The summed E-state index contributed by atoms with van der Waals surface area (Å²) in [6.45, 7) is 3.58. The molecule has 3 rings (SSSR count). The van der Waals surface area contributed by atoms with Gasteiger partial charge >= 0.3 is 0 Å². The molecule has 102 valence electrons. The van der Waals surface area contributed by atoms with Crippen LogP contribution in [-0.4, -0.2) is 41.6 Å². The topological polar surface area (TPSA) is 62.4 Å². The Bertz CT molecular complexity index is 564. The van der Waals surface area contributed by atoms with E-state index in [1.165, 1.54) is 0 Å². The number of carbonyl (C=O) groups is 1. The third-order valence-corrected chi connectivity index (χ3v) is 3.85. The van der Waals surface area contributed by atoms with Gasteiger partial charge in [-0.05, 0) is 37.8 Å². The molecule has 1 amide bonds. The number of nitrogens with one attached hydrogen (secondary N) is 1. The number of nitrogens with zero attached hydrogens (tertiary/aromatic N) is 1. The van der Waals surface area contributed by atoms with Crippen LogP contribution in [0.15, 0.2) is 10.9 Å². The van der Waals surface area contributed by atoms with Crippen LogP contribution in [-0.2, 0) is 17.6 Å². The van der Waals surface area contributed by atoms with Crippen LogP contribution < -0.4 is 5.56 Å². The van der Waals surface area contributed by atoms with Crippen LogP contribution in [0.3, 0.4) is 0 Å². The van der Waals surface area contributed by atoms with Gasteiger partial charge in [-0.1, -0.05) is 0 Å². The number of aryl methyl sites for hydroxylation is 2. The zero-order valence-electron chi connectivity index (χ0n) is 11.1. The first kappa shape index (κ1) is 12.4. The van der Waals surface area contributed by atoms with Gasteiger partial charge in [0.05, 0.1) is 12.7 Å². The molecule has 0 bridgehead atoms. The molecule has 5 heteroatoms. The van der Waals surface area contributed by atoms with Crippen LogP contribution in [0.5, 0.6) is 0 Å². The Morgan fingerprint density at radius 1 is 1.47 bits per heavy atom. The highest BCUT2D eigenvalue weighted by Crippen LogP contribution is 2.19. The summed E-state index contributed by atoms with van der Waals surface area (Å²) in [5.74, 6) is -0.175. The van der Waals surface area contributed by atoms with Gasteiger partial charge in [-0.25, -0.2) is 0 Å². The van der Waals surface area contributed by atoms with E-state index in [1.807, 2.05) is 6.92 Å². The van der Waals surface area contributed by atoms with Gasteiger partial charge in [0.15, 0.2) is 0 Å². The zero-order chi connectivity index (χ0) is 13.4. The molecular formula is C14H18N2O3. The monoisotopic (exact) mass is 262 g/mol. The first-order valence-corrected chi connectivity index (χ1v) is 6.81. The van der Waals surface area contributed by atoms with Crippen molar-refractivity contribution in [3.63, 3.8) is 0 Å². The van der Waals surface area contributed by atoms with Crippen molar-refractivity contribution in [2.75, 3.05) is 19.7 Å². The summed E-state index contributed by atoms with van der Waals surface area (Å²) in [6, 6.07) is 1.78. The van der Waals surface area contributed by atoms with Crippen molar-refractivity contribution in [2.45, 2.75) is 32.3 Å². The van der Waals surface area contributed by atoms with Crippen molar-refractivity contribution >= 4 is 5.91 Å². The number of morpholine rings is 1. The largest absolute Gasteiger partial charge is 0.375 e. The second kappa shape index (κ2) is 4.81. The lowest BCUT2D eigenvalue weighted by Gasteiger charge is -2.31. The van der Waals surface area contributed by atoms with E-state index in [4.69, 9.17) is 4.74 Å². The Labute approximate surface area is 111 Å². The van der Waals surface area contributed by atoms with Crippen molar-refractivity contribution in [2.24, 2.45) is 0 Å². The molecule has 1 atom stereocenters. The zero-order valence-corrected chi connectivity index (χ0v) is 11.1. The Balaban J connectivity index is 1.89. The summed E-state index contributed by atoms with van der Waals surface area (Å²) in [6.07, 6.45) is 2.95. The van der Waals surface area contributed by atoms with E-state index in [2.05, 4.69) is 4.98 Å². The number of aromatic amines is 1. The van der Waals surface area contributed by atoms with Crippen LogP contribution in [0.25, 0.3) is 0 Å². The average molecular weight is 262 g/mol. The van der Waals surface area contributed by atoms with Crippen LogP contribution >= 0.6 is 0 Å². The summed E-state index contributed by atoms with van der Waals surface area (Å²) in [4.78, 5) is 29.0. The van der Waals surface area contributed by atoms with E-state index in [-0.39, 0.29) is 23.1 Å². The number of aromatic nitrogens is 1. The molecule has 0 saturated carbocycles. The minimum atomic E-state index is -0.259. The highest BCUT2D eigenvalue weighted by Gasteiger charge is 2.25. The third-order valence-electron chi connectivity index (χ3n) is 3.85. The minimum absolute atomic E-state index is 0.0335. The maximum atomic E-state index is 12.4. The Kier molecular flexibility index (Phi) is 3.14. The fourth-order valence-corrected chi connectivity index (χ4v) is 2.85. The fourth-order valence-electron chi connectivity index (χ4n) is 2.85. The number of rotatable bonds is 1. The van der Waals surface area contributed by atoms with Gasteiger partial charge in [0.1, 0.15) is 5.56 Å². The van der Waals surface area contributed by atoms with Gasteiger partial charge in [-0.2, -0.15) is 0 Å². The molecule has 1 aromatic rings. The molecule has 1 saturated heterocycles. The van der Waals surface area contributed by atoms with E-state index in [1.54, 1.807) is 11.0 Å². The van der Waals surface area contributed by atoms with Gasteiger partial charge < -0.3 is 14.6 Å². The van der Waals surface area contributed by atoms with Gasteiger partial charge in [-0.15, -0.1) is 0 Å². The quantitative estimate of drug-likeness (QED) is 0.811. The standard InChI is InChI=1S/C14H18N2O3/c1-9-8-16(5-6-19-9)14(18)11-7-10-3-2-4-12(10)15-13(11)17/h7,9H,2-6,8H2,1H3,(H,15,17). The number of carbonyl (C=O) groups excluding carboxylic acids is 1. The number of H-pyrrole nitrogens is 1. The summed E-state index contributed by atoms with van der Waals surface area (Å²) in [7, 11) is 0. The van der Waals surface area contributed by atoms with Gasteiger partial charge in [0, 0.05) is 18.8 Å². The SMILES string of the molecule is CC1CN(C(=O)c2cc3c([nH]c2=O)CCC3)CCO1. The fraction of sp³-hybridized carbons (Fsp3) is 0.571. The van der Waals surface area contributed by atoms with E-state index >= 15 is 0 Å². The maximum absolute atomic E-state index is 12.4. The van der Waals surface area contributed by atoms with Crippen LogP contribution in [0.2, 0.25) is 0 Å². The number of ether oxygens (including phenoxy) is 1. The number of pyridine rings is 1. The molecule has 0 aromatic carbocycles. The Morgan fingerprint density at radius 2 is 2.32 bits per heavy atom. The lowest BCUT2D eigenvalue weighted by atomic mass is 10.1. The number of hydrogen-bond acceptors (Lipinski definition) is 3. The highest BCUT2D eigenvalue weighted by atomic mass is 16.5. The molecule has 1 aromatic heterocycles. The lowest BCUT2D eigenvalue weighted by molar-refractivity contribution is -0.0124. The molecule has 2 aliphatic rings.